The Hall–Kier alpha value is -2.43. The second kappa shape index (κ2) is 4.31. The SMILES string of the molecule is COC1=N[C@@H]2[C@H]3C=C[C@H]([C@H]4C(=O)N(c5ccccc5)C(=O)[C@@H]34)[C@H]12. The van der Waals surface area contributed by atoms with Gasteiger partial charge in [-0.1, -0.05) is 30.4 Å². The maximum atomic E-state index is 13.0. The highest BCUT2D eigenvalue weighted by Crippen LogP contribution is 2.56. The summed E-state index contributed by atoms with van der Waals surface area (Å²) in [6.45, 7) is 0. The lowest BCUT2D eigenvalue weighted by Crippen LogP contribution is -2.59. The van der Waals surface area contributed by atoms with Crippen LogP contribution in [0.15, 0.2) is 47.5 Å². The standard InChI is InChI=1S/C18H16N2O3/c1-23-16-14-10-7-8-11(15(14)19-16)13-12(10)17(21)20(18(13)22)9-5-3-2-4-6-9/h2-8,10-15H,1H3/t10-,11+,12-,13+,14+,15-/m1/s1. The van der Waals surface area contributed by atoms with Crippen LogP contribution in [0.1, 0.15) is 0 Å². The number of para-hydroxylation sites is 1. The van der Waals surface area contributed by atoms with E-state index in [0.29, 0.717) is 5.69 Å². The van der Waals surface area contributed by atoms with Gasteiger partial charge in [-0.15, -0.1) is 0 Å². The van der Waals surface area contributed by atoms with Gasteiger partial charge in [0.1, 0.15) is 0 Å². The zero-order valence-electron chi connectivity index (χ0n) is 12.6. The largest absolute Gasteiger partial charge is 0.484 e. The first-order valence-electron chi connectivity index (χ1n) is 7.95. The molecule has 1 saturated carbocycles. The Kier molecular flexibility index (Phi) is 2.45. The van der Waals surface area contributed by atoms with Gasteiger partial charge in [-0.25, -0.2) is 0 Å². The van der Waals surface area contributed by atoms with Crippen molar-refractivity contribution in [1.82, 2.24) is 0 Å². The molecule has 5 heteroatoms. The third-order valence-corrected chi connectivity index (χ3v) is 5.74. The predicted octanol–water partition coefficient (Wildman–Crippen LogP) is 1.65. The minimum absolute atomic E-state index is 0.0130. The van der Waals surface area contributed by atoms with Crippen molar-refractivity contribution in [1.29, 1.82) is 0 Å². The van der Waals surface area contributed by atoms with Crippen LogP contribution in [-0.2, 0) is 14.3 Å². The van der Waals surface area contributed by atoms with E-state index >= 15 is 0 Å². The zero-order chi connectivity index (χ0) is 15.7. The van der Waals surface area contributed by atoms with Crippen LogP contribution in [-0.4, -0.2) is 30.9 Å². The van der Waals surface area contributed by atoms with E-state index < -0.39 is 0 Å². The van der Waals surface area contributed by atoms with Gasteiger partial charge in [-0.05, 0) is 12.1 Å². The number of rotatable bonds is 1. The number of aliphatic imine (C=N–C) groups is 1. The minimum Gasteiger partial charge on any atom is -0.484 e. The highest BCUT2D eigenvalue weighted by atomic mass is 16.5. The molecule has 0 spiro atoms. The molecule has 2 bridgehead atoms. The number of anilines is 1. The van der Waals surface area contributed by atoms with Crippen molar-refractivity contribution in [3.63, 3.8) is 0 Å². The molecule has 2 heterocycles. The van der Waals surface area contributed by atoms with Gasteiger partial charge in [0.15, 0.2) is 5.90 Å². The molecule has 0 aromatic heterocycles. The number of ether oxygens (including phenoxy) is 1. The number of carbonyl (C=O) groups is 2. The number of imide groups is 1. The summed E-state index contributed by atoms with van der Waals surface area (Å²) in [5.74, 6) is 0.207. The summed E-state index contributed by atoms with van der Waals surface area (Å²) in [6, 6.07) is 9.29. The maximum Gasteiger partial charge on any atom is 0.238 e. The van der Waals surface area contributed by atoms with Gasteiger partial charge >= 0.3 is 0 Å². The summed E-state index contributed by atoms with van der Waals surface area (Å²) in [4.78, 5) is 31.9. The van der Waals surface area contributed by atoms with E-state index in [2.05, 4.69) is 17.1 Å². The first-order chi connectivity index (χ1) is 11.2. The summed E-state index contributed by atoms with van der Waals surface area (Å²) >= 11 is 0. The highest BCUT2D eigenvalue weighted by Gasteiger charge is 2.66. The molecule has 2 amide bonds. The first kappa shape index (κ1) is 13.0. The molecule has 3 aliphatic carbocycles. The predicted molar refractivity (Wildman–Crippen MR) is 83.8 cm³/mol. The van der Waals surface area contributed by atoms with Gasteiger partial charge in [0.2, 0.25) is 11.8 Å². The van der Waals surface area contributed by atoms with Crippen LogP contribution >= 0.6 is 0 Å². The third-order valence-electron chi connectivity index (χ3n) is 5.74. The second-order valence-electron chi connectivity index (χ2n) is 6.63. The Bertz CT molecular complexity index is 770. The van der Waals surface area contributed by atoms with E-state index in [-0.39, 0.29) is 47.4 Å². The monoisotopic (exact) mass is 308 g/mol. The van der Waals surface area contributed by atoms with Crippen molar-refractivity contribution in [3.8, 4) is 0 Å². The average Bonchev–Trinajstić information content (AvgIpc) is 2.82. The fourth-order valence-corrected chi connectivity index (χ4v) is 4.80. The van der Waals surface area contributed by atoms with Crippen LogP contribution in [0.3, 0.4) is 0 Å². The molecule has 1 aromatic rings. The molecule has 0 N–H and O–H groups in total. The van der Waals surface area contributed by atoms with Crippen LogP contribution in [0.25, 0.3) is 0 Å². The highest BCUT2D eigenvalue weighted by molar-refractivity contribution is 6.23. The number of hydrogen-bond donors (Lipinski definition) is 0. The van der Waals surface area contributed by atoms with Crippen molar-refractivity contribution >= 4 is 23.4 Å². The zero-order valence-corrected chi connectivity index (χ0v) is 12.6. The lowest BCUT2D eigenvalue weighted by atomic mass is 9.54. The van der Waals surface area contributed by atoms with Gasteiger partial charge in [0.25, 0.3) is 0 Å². The third kappa shape index (κ3) is 1.45. The minimum atomic E-state index is -0.278. The van der Waals surface area contributed by atoms with Crippen molar-refractivity contribution in [2.45, 2.75) is 6.04 Å². The van der Waals surface area contributed by atoms with Gasteiger partial charge in [0.05, 0.1) is 36.6 Å². The fourth-order valence-electron chi connectivity index (χ4n) is 4.80. The Morgan fingerprint density at radius 2 is 1.61 bits per heavy atom. The lowest BCUT2D eigenvalue weighted by Gasteiger charge is -2.52. The Morgan fingerprint density at radius 3 is 2.30 bits per heavy atom. The first-order valence-corrected chi connectivity index (χ1v) is 7.95. The van der Waals surface area contributed by atoms with E-state index in [0.717, 1.165) is 5.90 Å². The molecule has 0 unspecified atom stereocenters. The molecule has 116 valence electrons. The Labute approximate surface area is 133 Å². The molecule has 6 atom stereocenters. The molecule has 2 aliphatic heterocycles. The summed E-state index contributed by atoms with van der Waals surface area (Å²) in [7, 11) is 1.62. The molecule has 6 rings (SSSR count). The normalized spacial score (nSPS) is 39.7. The molecule has 1 aromatic carbocycles. The fraction of sp³-hybridized carbons (Fsp3) is 0.389. The van der Waals surface area contributed by atoms with Crippen LogP contribution in [0.2, 0.25) is 0 Å². The number of benzene rings is 1. The van der Waals surface area contributed by atoms with E-state index in [4.69, 9.17) is 4.74 Å². The van der Waals surface area contributed by atoms with Crippen molar-refractivity contribution in [3.05, 3.63) is 42.5 Å². The van der Waals surface area contributed by atoms with E-state index in [1.54, 1.807) is 7.11 Å². The van der Waals surface area contributed by atoms with Crippen LogP contribution < -0.4 is 4.90 Å². The molecular formula is C18H16N2O3. The molecule has 23 heavy (non-hydrogen) atoms. The number of carbonyl (C=O) groups excluding carboxylic acids is 2. The van der Waals surface area contributed by atoms with Gasteiger partial charge < -0.3 is 4.74 Å². The summed E-state index contributed by atoms with van der Waals surface area (Å²) in [5, 5.41) is 0. The van der Waals surface area contributed by atoms with E-state index in [1.807, 2.05) is 30.3 Å². The quantitative estimate of drug-likeness (QED) is 0.585. The van der Waals surface area contributed by atoms with Crippen LogP contribution in [0, 0.1) is 29.6 Å². The van der Waals surface area contributed by atoms with Crippen LogP contribution in [0.5, 0.6) is 0 Å². The van der Waals surface area contributed by atoms with Crippen molar-refractivity contribution in [2.24, 2.45) is 34.6 Å². The Balaban J connectivity index is 1.57. The second-order valence-corrected chi connectivity index (χ2v) is 6.63. The molecular weight excluding hydrogens is 292 g/mol. The summed E-state index contributed by atoms with van der Waals surface area (Å²) in [5.41, 5.74) is 0.663. The van der Waals surface area contributed by atoms with Crippen LogP contribution in [0.4, 0.5) is 5.69 Å². The van der Waals surface area contributed by atoms with Crippen molar-refractivity contribution in [2.75, 3.05) is 12.0 Å². The summed E-state index contributed by atoms with van der Waals surface area (Å²) < 4.78 is 5.34. The molecule has 5 nitrogen and oxygen atoms in total. The molecule has 1 saturated heterocycles. The summed E-state index contributed by atoms with van der Waals surface area (Å²) in [6.07, 6.45) is 4.18. The lowest BCUT2D eigenvalue weighted by molar-refractivity contribution is -0.126. The van der Waals surface area contributed by atoms with Gasteiger partial charge in [0, 0.05) is 11.8 Å². The maximum absolute atomic E-state index is 13.0. The number of amides is 2. The van der Waals surface area contributed by atoms with Crippen molar-refractivity contribution < 1.29 is 14.3 Å². The number of allylic oxidation sites excluding steroid dienone is 1. The van der Waals surface area contributed by atoms with Gasteiger partial charge in [-0.3, -0.25) is 19.5 Å². The molecule has 2 fully saturated rings. The number of methoxy groups -OCH3 is 1. The topological polar surface area (TPSA) is 59.0 Å². The average molecular weight is 308 g/mol. The van der Waals surface area contributed by atoms with E-state index in [9.17, 15) is 9.59 Å². The van der Waals surface area contributed by atoms with E-state index in [1.165, 1.54) is 4.90 Å². The molecule has 5 aliphatic rings. The number of hydrogen-bond acceptors (Lipinski definition) is 4. The smallest absolute Gasteiger partial charge is 0.238 e. The Morgan fingerprint density at radius 1 is 0.957 bits per heavy atom. The number of nitrogens with zero attached hydrogens (tertiary/aromatic N) is 2. The molecule has 0 radical (unpaired) electrons. The van der Waals surface area contributed by atoms with Gasteiger partial charge in [-0.2, -0.15) is 0 Å².